The summed E-state index contributed by atoms with van der Waals surface area (Å²) in [4.78, 5) is 11.5. The van der Waals surface area contributed by atoms with Crippen LogP contribution < -0.4 is 11.1 Å². The van der Waals surface area contributed by atoms with Crippen LogP contribution in [0.4, 0.5) is 11.4 Å². The Kier molecular flexibility index (Phi) is 3.60. The Morgan fingerprint density at radius 2 is 1.94 bits per heavy atom. The molecule has 0 amide bonds. The molecule has 3 nitrogen and oxygen atoms in total. The number of hydrogen-bond acceptors (Lipinski definition) is 3. The summed E-state index contributed by atoms with van der Waals surface area (Å²) in [5.74, 6) is 0.0185. The van der Waals surface area contributed by atoms with Crippen molar-refractivity contribution in [2.75, 3.05) is 11.1 Å². The number of Topliss-reactive ketones (excluding diaryl/α,β-unsaturated/α-hetero) is 1. The van der Waals surface area contributed by atoms with Crippen molar-refractivity contribution in [3.8, 4) is 0 Å². The zero-order valence-electron chi connectivity index (χ0n) is 11.3. The molecule has 0 heterocycles. The molecule has 1 aromatic carbocycles. The molecule has 0 spiro atoms. The van der Waals surface area contributed by atoms with E-state index in [1.54, 1.807) is 6.92 Å². The first-order chi connectivity index (χ1) is 8.50. The molecule has 3 N–H and O–H groups in total. The Balaban J connectivity index is 2.18. The van der Waals surface area contributed by atoms with Gasteiger partial charge in [0.15, 0.2) is 5.78 Å². The molecule has 1 aliphatic carbocycles. The molecule has 0 saturated heterocycles. The fourth-order valence-corrected chi connectivity index (χ4v) is 2.74. The topological polar surface area (TPSA) is 55.1 Å². The zero-order chi connectivity index (χ0) is 13.2. The molecule has 0 aliphatic heterocycles. The molecule has 0 aromatic heterocycles. The van der Waals surface area contributed by atoms with Crippen LogP contribution in [0.2, 0.25) is 0 Å². The summed E-state index contributed by atoms with van der Waals surface area (Å²) in [6.07, 6.45) is 6.26. The second-order valence-corrected chi connectivity index (χ2v) is 5.60. The number of ketones is 1. The monoisotopic (exact) mass is 246 g/mol. The minimum absolute atomic E-state index is 0.0185. The average molecular weight is 246 g/mol. The Morgan fingerprint density at radius 3 is 2.56 bits per heavy atom. The number of benzene rings is 1. The highest BCUT2D eigenvalue weighted by molar-refractivity contribution is 6.00. The highest BCUT2D eigenvalue weighted by Gasteiger charge is 2.26. The molecule has 1 fully saturated rings. The van der Waals surface area contributed by atoms with Crippen molar-refractivity contribution in [2.24, 2.45) is 0 Å². The summed E-state index contributed by atoms with van der Waals surface area (Å²) in [5.41, 5.74) is 8.13. The van der Waals surface area contributed by atoms with Gasteiger partial charge >= 0.3 is 0 Å². The smallest absolute Gasteiger partial charge is 0.161 e. The van der Waals surface area contributed by atoms with Gasteiger partial charge in [-0.05, 0) is 44.9 Å². The molecule has 2 rings (SSSR count). The van der Waals surface area contributed by atoms with Gasteiger partial charge in [0, 0.05) is 22.5 Å². The van der Waals surface area contributed by atoms with E-state index >= 15 is 0 Å². The van der Waals surface area contributed by atoms with Crippen LogP contribution in [0, 0.1) is 0 Å². The molecule has 0 radical (unpaired) electrons. The molecule has 0 atom stereocenters. The van der Waals surface area contributed by atoms with Crippen molar-refractivity contribution in [3.05, 3.63) is 23.8 Å². The van der Waals surface area contributed by atoms with Crippen molar-refractivity contribution in [1.29, 1.82) is 0 Å². The lowest BCUT2D eigenvalue weighted by Crippen LogP contribution is -2.36. The second kappa shape index (κ2) is 5.01. The van der Waals surface area contributed by atoms with E-state index in [1.807, 2.05) is 18.2 Å². The zero-order valence-corrected chi connectivity index (χ0v) is 11.3. The summed E-state index contributed by atoms with van der Waals surface area (Å²) in [7, 11) is 0. The Hall–Kier alpha value is -1.51. The predicted molar refractivity (Wildman–Crippen MR) is 76.0 cm³/mol. The molecule has 3 heteroatoms. The van der Waals surface area contributed by atoms with E-state index in [-0.39, 0.29) is 11.3 Å². The largest absolute Gasteiger partial charge is 0.398 e. The van der Waals surface area contributed by atoms with Gasteiger partial charge in [-0.2, -0.15) is 0 Å². The third-order valence-electron chi connectivity index (χ3n) is 3.84. The lowest BCUT2D eigenvalue weighted by molar-refractivity contribution is 0.101. The molecule has 98 valence electrons. The molecule has 0 bridgehead atoms. The molecule has 18 heavy (non-hydrogen) atoms. The van der Waals surface area contributed by atoms with Crippen molar-refractivity contribution in [1.82, 2.24) is 0 Å². The number of nitrogens with two attached hydrogens (primary N) is 1. The van der Waals surface area contributed by atoms with Crippen molar-refractivity contribution in [3.63, 3.8) is 0 Å². The number of rotatable bonds is 3. The quantitative estimate of drug-likeness (QED) is 0.633. The highest BCUT2D eigenvalue weighted by atomic mass is 16.1. The fraction of sp³-hybridized carbons (Fsp3) is 0.533. The van der Waals surface area contributed by atoms with E-state index in [4.69, 9.17) is 5.73 Å². The lowest BCUT2D eigenvalue weighted by Gasteiger charge is -2.35. The van der Waals surface area contributed by atoms with Gasteiger partial charge in [-0.3, -0.25) is 4.79 Å². The molecule has 0 unspecified atom stereocenters. The first-order valence-corrected chi connectivity index (χ1v) is 6.69. The molecule has 1 aromatic rings. The van der Waals surface area contributed by atoms with E-state index in [2.05, 4.69) is 12.2 Å². The van der Waals surface area contributed by atoms with Gasteiger partial charge in [-0.1, -0.05) is 19.3 Å². The first kappa shape index (κ1) is 12.9. The van der Waals surface area contributed by atoms with Crippen LogP contribution in [-0.2, 0) is 0 Å². The third-order valence-corrected chi connectivity index (χ3v) is 3.84. The summed E-state index contributed by atoms with van der Waals surface area (Å²) >= 11 is 0. The predicted octanol–water partition coefficient (Wildman–Crippen LogP) is 3.61. The highest BCUT2D eigenvalue weighted by Crippen LogP contribution is 2.32. The van der Waals surface area contributed by atoms with Crippen molar-refractivity contribution in [2.45, 2.75) is 51.5 Å². The number of carbonyl (C=O) groups excluding carboxylic acids is 1. The van der Waals surface area contributed by atoms with Gasteiger partial charge in [-0.25, -0.2) is 0 Å². The van der Waals surface area contributed by atoms with Gasteiger partial charge in [0.1, 0.15) is 0 Å². The van der Waals surface area contributed by atoms with E-state index < -0.39 is 0 Å². The van der Waals surface area contributed by atoms with Gasteiger partial charge in [-0.15, -0.1) is 0 Å². The van der Waals surface area contributed by atoms with Crippen LogP contribution in [0.15, 0.2) is 18.2 Å². The normalized spacial score (nSPS) is 18.3. The average Bonchev–Trinajstić information content (AvgIpc) is 2.32. The molecular weight excluding hydrogens is 224 g/mol. The SMILES string of the molecule is CC(=O)c1cc(NC2(C)CCCCC2)ccc1N. The fourth-order valence-electron chi connectivity index (χ4n) is 2.74. The molecular formula is C15H22N2O. The second-order valence-electron chi connectivity index (χ2n) is 5.60. The lowest BCUT2D eigenvalue weighted by atomic mass is 9.83. The maximum atomic E-state index is 11.5. The van der Waals surface area contributed by atoms with Crippen LogP contribution in [-0.4, -0.2) is 11.3 Å². The van der Waals surface area contributed by atoms with Crippen LogP contribution in [0.25, 0.3) is 0 Å². The minimum Gasteiger partial charge on any atom is -0.398 e. The Labute approximate surface area is 109 Å². The van der Waals surface area contributed by atoms with Crippen molar-refractivity contribution < 1.29 is 4.79 Å². The summed E-state index contributed by atoms with van der Waals surface area (Å²) < 4.78 is 0. The molecule has 1 saturated carbocycles. The molecule has 1 aliphatic rings. The first-order valence-electron chi connectivity index (χ1n) is 6.69. The number of carbonyl (C=O) groups is 1. The number of hydrogen-bond donors (Lipinski definition) is 2. The van der Waals surface area contributed by atoms with Gasteiger partial charge < -0.3 is 11.1 Å². The standard InChI is InChI=1S/C15H22N2O/c1-11(18)13-10-12(6-7-14(13)16)17-15(2)8-4-3-5-9-15/h6-7,10,17H,3-5,8-9,16H2,1-2H3. The maximum Gasteiger partial charge on any atom is 0.161 e. The summed E-state index contributed by atoms with van der Waals surface area (Å²) in [6.45, 7) is 3.81. The third kappa shape index (κ3) is 2.84. The summed E-state index contributed by atoms with van der Waals surface area (Å²) in [5, 5.41) is 3.57. The van der Waals surface area contributed by atoms with E-state index in [1.165, 1.54) is 32.1 Å². The number of nitrogen functional groups attached to an aromatic ring is 1. The number of anilines is 2. The van der Waals surface area contributed by atoms with E-state index in [9.17, 15) is 4.79 Å². The maximum absolute atomic E-state index is 11.5. The number of nitrogens with one attached hydrogen (secondary N) is 1. The van der Waals surface area contributed by atoms with Crippen LogP contribution in [0.1, 0.15) is 56.3 Å². The van der Waals surface area contributed by atoms with Crippen molar-refractivity contribution >= 4 is 17.2 Å². The van der Waals surface area contributed by atoms with Gasteiger partial charge in [0.2, 0.25) is 0 Å². The van der Waals surface area contributed by atoms with Crippen LogP contribution in [0.3, 0.4) is 0 Å². The minimum atomic E-state index is 0.0185. The van der Waals surface area contributed by atoms with E-state index in [0.717, 1.165) is 5.69 Å². The Morgan fingerprint density at radius 1 is 1.28 bits per heavy atom. The van der Waals surface area contributed by atoms with Gasteiger partial charge in [0.25, 0.3) is 0 Å². The van der Waals surface area contributed by atoms with Crippen LogP contribution >= 0.6 is 0 Å². The summed E-state index contributed by atoms with van der Waals surface area (Å²) in [6, 6.07) is 5.64. The van der Waals surface area contributed by atoms with Crippen LogP contribution in [0.5, 0.6) is 0 Å². The van der Waals surface area contributed by atoms with Gasteiger partial charge in [0.05, 0.1) is 0 Å². The Bertz CT molecular complexity index is 448. The van der Waals surface area contributed by atoms with E-state index in [0.29, 0.717) is 11.3 Å².